The SMILES string of the molecule is C[C@H](NC(=O)OC(C)(C)C)c1cncn1CCS(C)=O. The average molecular weight is 301 g/mol. The third kappa shape index (κ3) is 5.73. The van der Waals surface area contributed by atoms with Gasteiger partial charge in [-0.2, -0.15) is 0 Å². The molecule has 1 N–H and O–H groups in total. The van der Waals surface area contributed by atoms with E-state index in [1.807, 2.05) is 32.3 Å². The number of aryl methyl sites for hydroxylation is 1. The minimum Gasteiger partial charge on any atom is -0.444 e. The molecule has 0 saturated heterocycles. The van der Waals surface area contributed by atoms with Crippen LogP contribution in [0.2, 0.25) is 0 Å². The number of carbonyl (C=O) groups excluding carboxylic acids is 1. The lowest BCUT2D eigenvalue weighted by Crippen LogP contribution is -2.34. The summed E-state index contributed by atoms with van der Waals surface area (Å²) >= 11 is 0. The predicted octanol–water partition coefficient (Wildman–Crippen LogP) is 1.85. The number of amides is 1. The van der Waals surface area contributed by atoms with Gasteiger partial charge in [0.1, 0.15) is 5.60 Å². The molecule has 0 radical (unpaired) electrons. The van der Waals surface area contributed by atoms with Gasteiger partial charge in [0.05, 0.1) is 24.3 Å². The molecule has 114 valence electrons. The van der Waals surface area contributed by atoms with Gasteiger partial charge in [0.25, 0.3) is 0 Å². The quantitative estimate of drug-likeness (QED) is 0.900. The molecular formula is C13H23N3O3S. The van der Waals surface area contributed by atoms with E-state index >= 15 is 0 Å². The van der Waals surface area contributed by atoms with Crippen LogP contribution < -0.4 is 5.32 Å². The van der Waals surface area contributed by atoms with E-state index in [2.05, 4.69) is 10.3 Å². The fraction of sp³-hybridized carbons (Fsp3) is 0.692. The van der Waals surface area contributed by atoms with Crippen molar-refractivity contribution in [2.45, 2.75) is 45.9 Å². The van der Waals surface area contributed by atoms with Gasteiger partial charge in [-0.1, -0.05) is 0 Å². The van der Waals surface area contributed by atoms with Crippen LogP contribution in [0.5, 0.6) is 0 Å². The number of ether oxygens (including phenoxy) is 1. The molecule has 0 saturated carbocycles. The van der Waals surface area contributed by atoms with E-state index in [-0.39, 0.29) is 6.04 Å². The summed E-state index contributed by atoms with van der Waals surface area (Å²) in [6.07, 6.45) is 4.58. The molecule has 0 aliphatic heterocycles. The molecule has 0 aliphatic carbocycles. The summed E-state index contributed by atoms with van der Waals surface area (Å²) in [6, 6.07) is -0.224. The summed E-state index contributed by atoms with van der Waals surface area (Å²) in [7, 11) is -0.856. The first-order chi connectivity index (χ1) is 9.19. The fourth-order valence-electron chi connectivity index (χ4n) is 1.66. The van der Waals surface area contributed by atoms with Crippen LogP contribution >= 0.6 is 0 Å². The molecule has 1 aromatic rings. The van der Waals surface area contributed by atoms with Gasteiger partial charge < -0.3 is 14.6 Å². The van der Waals surface area contributed by atoms with Gasteiger partial charge in [0, 0.05) is 29.4 Å². The largest absolute Gasteiger partial charge is 0.444 e. The van der Waals surface area contributed by atoms with Crippen molar-refractivity contribution >= 4 is 16.9 Å². The second-order valence-electron chi connectivity index (χ2n) is 5.66. The third-order valence-electron chi connectivity index (χ3n) is 2.54. The number of alkyl carbamates (subject to hydrolysis) is 1. The number of hydrogen-bond donors (Lipinski definition) is 1. The lowest BCUT2D eigenvalue weighted by molar-refractivity contribution is 0.0506. The Balaban J connectivity index is 2.63. The van der Waals surface area contributed by atoms with E-state index in [0.29, 0.717) is 12.3 Å². The number of nitrogens with zero attached hydrogens (tertiary/aromatic N) is 2. The monoisotopic (exact) mass is 301 g/mol. The highest BCUT2D eigenvalue weighted by Crippen LogP contribution is 2.14. The van der Waals surface area contributed by atoms with Crippen LogP contribution in [0, 0.1) is 0 Å². The van der Waals surface area contributed by atoms with Crippen molar-refractivity contribution in [1.29, 1.82) is 0 Å². The van der Waals surface area contributed by atoms with Gasteiger partial charge in [0.2, 0.25) is 0 Å². The number of imidazole rings is 1. The zero-order chi connectivity index (χ0) is 15.3. The van der Waals surface area contributed by atoms with E-state index < -0.39 is 22.5 Å². The Morgan fingerprint density at radius 2 is 2.20 bits per heavy atom. The molecule has 1 unspecified atom stereocenters. The standard InChI is InChI=1S/C13H23N3O3S/c1-10(15-12(17)19-13(2,3)4)11-8-14-9-16(11)6-7-20(5)18/h8-10H,6-7H2,1-5H3,(H,15,17)/t10-,20?/m0/s1. The summed E-state index contributed by atoms with van der Waals surface area (Å²) in [5, 5.41) is 2.77. The molecule has 1 rings (SSSR count). The van der Waals surface area contributed by atoms with E-state index in [9.17, 15) is 9.00 Å². The predicted molar refractivity (Wildman–Crippen MR) is 78.9 cm³/mol. The smallest absolute Gasteiger partial charge is 0.408 e. The van der Waals surface area contributed by atoms with Crippen LogP contribution in [0.4, 0.5) is 4.79 Å². The molecule has 0 aliphatic rings. The second-order valence-corrected chi connectivity index (χ2v) is 7.21. The molecule has 20 heavy (non-hydrogen) atoms. The Hall–Kier alpha value is -1.37. The molecule has 2 atom stereocenters. The van der Waals surface area contributed by atoms with Crippen LogP contribution in [0.15, 0.2) is 12.5 Å². The third-order valence-corrected chi connectivity index (χ3v) is 3.30. The number of rotatable bonds is 5. The van der Waals surface area contributed by atoms with E-state index in [1.54, 1.807) is 18.8 Å². The van der Waals surface area contributed by atoms with E-state index in [0.717, 1.165) is 5.69 Å². The maximum Gasteiger partial charge on any atom is 0.408 e. The number of carbonyl (C=O) groups is 1. The van der Waals surface area contributed by atoms with Gasteiger partial charge >= 0.3 is 6.09 Å². The average Bonchev–Trinajstić information content (AvgIpc) is 2.71. The highest BCUT2D eigenvalue weighted by atomic mass is 32.2. The number of hydrogen-bond acceptors (Lipinski definition) is 4. The maximum absolute atomic E-state index is 11.7. The van der Waals surface area contributed by atoms with Crippen molar-refractivity contribution in [3.05, 3.63) is 18.2 Å². The van der Waals surface area contributed by atoms with E-state index in [1.165, 1.54) is 0 Å². The Kier molecular flexibility index (Phi) is 5.74. The van der Waals surface area contributed by atoms with Crippen molar-refractivity contribution in [2.75, 3.05) is 12.0 Å². The minimum absolute atomic E-state index is 0.224. The van der Waals surface area contributed by atoms with Crippen molar-refractivity contribution in [3.63, 3.8) is 0 Å². The van der Waals surface area contributed by atoms with Crippen molar-refractivity contribution in [1.82, 2.24) is 14.9 Å². The van der Waals surface area contributed by atoms with Crippen LogP contribution in [0.25, 0.3) is 0 Å². The molecule has 0 fully saturated rings. The fourth-order valence-corrected chi connectivity index (χ4v) is 2.12. The summed E-state index contributed by atoms with van der Waals surface area (Å²) in [5.41, 5.74) is 0.338. The number of nitrogens with one attached hydrogen (secondary N) is 1. The first-order valence-electron chi connectivity index (χ1n) is 6.48. The summed E-state index contributed by atoms with van der Waals surface area (Å²) in [5.74, 6) is 0.558. The maximum atomic E-state index is 11.7. The highest BCUT2D eigenvalue weighted by molar-refractivity contribution is 7.84. The van der Waals surface area contributed by atoms with Crippen molar-refractivity contribution < 1.29 is 13.7 Å². The summed E-state index contributed by atoms with van der Waals surface area (Å²) in [6.45, 7) is 7.92. The molecular weight excluding hydrogens is 278 g/mol. The van der Waals surface area contributed by atoms with Gasteiger partial charge in [-0.05, 0) is 27.7 Å². The lowest BCUT2D eigenvalue weighted by Gasteiger charge is -2.22. The van der Waals surface area contributed by atoms with Gasteiger partial charge in [-0.3, -0.25) is 4.21 Å². The van der Waals surface area contributed by atoms with Crippen LogP contribution in [0.1, 0.15) is 39.4 Å². The molecule has 7 heteroatoms. The van der Waals surface area contributed by atoms with Gasteiger partial charge in [-0.15, -0.1) is 0 Å². The number of aromatic nitrogens is 2. The molecule has 1 heterocycles. The second kappa shape index (κ2) is 6.88. The van der Waals surface area contributed by atoms with Crippen LogP contribution in [-0.2, 0) is 22.1 Å². The molecule has 0 aromatic carbocycles. The first-order valence-corrected chi connectivity index (χ1v) is 8.21. The van der Waals surface area contributed by atoms with Crippen LogP contribution in [-0.4, -0.2) is 37.5 Å². The highest BCUT2D eigenvalue weighted by Gasteiger charge is 2.19. The summed E-state index contributed by atoms with van der Waals surface area (Å²) in [4.78, 5) is 15.8. The van der Waals surface area contributed by atoms with Gasteiger partial charge in [-0.25, -0.2) is 9.78 Å². The minimum atomic E-state index is -0.856. The van der Waals surface area contributed by atoms with Gasteiger partial charge in [0.15, 0.2) is 0 Å². The Labute approximate surface area is 122 Å². The van der Waals surface area contributed by atoms with Crippen molar-refractivity contribution in [3.8, 4) is 0 Å². The normalized spacial score (nSPS) is 14.7. The lowest BCUT2D eigenvalue weighted by atomic mass is 10.2. The molecule has 6 nitrogen and oxygen atoms in total. The molecule has 1 amide bonds. The zero-order valence-electron chi connectivity index (χ0n) is 12.7. The van der Waals surface area contributed by atoms with Crippen molar-refractivity contribution in [2.24, 2.45) is 0 Å². The molecule has 0 spiro atoms. The Morgan fingerprint density at radius 1 is 1.55 bits per heavy atom. The Morgan fingerprint density at radius 3 is 2.75 bits per heavy atom. The topological polar surface area (TPSA) is 73.2 Å². The van der Waals surface area contributed by atoms with Crippen LogP contribution in [0.3, 0.4) is 0 Å². The first kappa shape index (κ1) is 16.7. The Bertz CT molecular complexity index is 479. The zero-order valence-corrected chi connectivity index (χ0v) is 13.5. The summed E-state index contributed by atoms with van der Waals surface area (Å²) < 4.78 is 18.3. The van der Waals surface area contributed by atoms with E-state index in [4.69, 9.17) is 4.74 Å². The molecule has 0 bridgehead atoms. The molecule has 1 aromatic heterocycles.